The summed E-state index contributed by atoms with van der Waals surface area (Å²) in [5, 5.41) is 4.83. The standard InChI is InChI=1S/C18H17FN4O2S/c19-13-3-1-2-12(6-13)9-23-11-15(8-17(23)25)20-16(24)7-14-10-22-4-5-26-18(22)21-14/h1-6,10,15H,7-9,11H2,(H,20,24)/t15-/m0/s1. The second-order valence-electron chi connectivity index (χ2n) is 6.37. The Labute approximate surface area is 153 Å². The van der Waals surface area contributed by atoms with Crippen LogP contribution in [0.25, 0.3) is 4.96 Å². The predicted molar refractivity (Wildman–Crippen MR) is 95.1 cm³/mol. The molecule has 0 saturated carbocycles. The number of hydrogen-bond donors (Lipinski definition) is 1. The second kappa shape index (κ2) is 6.87. The van der Waals surface area contributed by atoms with E-state index in [0.29, 0.717) is 18.8 Å². The summed E-state index contributed by atoms with van der Waals surface area (Å²) in [7, 11) is 0. The zero-order chi connectivity index (χ0) is 18.1. The Balaban J connectivity index is 1.33. The SMILES string of the molecule is O=C(Cc1cn2ccsc2n1)N[C@H]1CC(=O)N(Cc2cccc(F)c2)C1. The minimum atomic E-state index is -0.320. The number of likely N-dealkylation sites (tertiary alicyclic amines) is 1. The van der Waals surface area contributed by atoms with Crippen molar-refractivity contribution in [3.8, 4) is 0 Å². The monoisotopic (exact) mass is 372 g/mol. The molecule has 0 spiro atoms. The Morgan fingerprint density at radius 2 is 2.31 bits per heavy atom. The molecule has 26 heavy (non-hydrogen) atoms. The molecule has 3 heterocycles. The largest absolute Gasteiger partial charge is 0.351 e. The minimum absolute atomic E-state index is 0.0398. The van der Waals surface area contributed by atoms with Crippen LogP contribution >= 0.6 is 11.3 Å². The maximum Gasteiger partial charge on any atom is 0.226 e. The topological polar surface area (TPSA) is 66.7 Å². The van der Waals surface area contributed by atoms with Gasteiger partial charge in [0.1, 0.15) is 5.82 Å². The molecule has 1 saturated heterocycles. The van der Waals surface area contributed by atoms with Crippen LogP contribution in [0.1, 0.15) is 17.7 Å². The first-order valence-corrected chi connectivity index (χ1v) is 9.17. The molecule has 0 bridgehead atoms. The van der Waals surface area contributed by atoms with Crippen LogP contribution in [0.2, 0.25) is 0 Å². The maximum absolute atomic E-state index is 13.3. The van der Waals surface area contributed by atoms with Gasteiger partial charge in [-0.15, -0.1) is 11.3 Å². The lowest BCUT2D eigenvalue weighted by atomic mass is 10.2. The molecule has 6 nitrogen and oxygen atoms in total. The van der Waals surface area contributed by atoms with E-state index in [4.69, 9.17) is 0 Å². The number of nitrogens with zero attached hydrogens (tertiary/aromatic N) is 3. The van der Waals surface area contributed by atoms with E-state index in [0.717, 1.165) is 10.5 Å². The van der Waals surface area contributed by atoms with Gasteiger partial charge in [-0.25, -0.2) is 9.37 Å². The smallest absolute Gasteiger partial charge is 0.226 e. The van der Waals surface area contributed by atoms with Gasteiger partial charge in [0.15, 0.2) is 4.96 Å². The van der Waals surface area contributed by atoms with Gasteiger partial charge in [-0.1, -0.05) is 12.1 Å². The number of benzene rings is 1. The number of thiazole rings is 1. The molecule has 1 aromatic carbocycles. The summed E-state index contributed by atoms with van der Waals surface area (Å²) in [5.41, 5.74) is 1.44. The number of carbonyl (C=O) groups is 2. The zero-order valence-corrected chi connectivity index (χ0v) is 14.7. The Morgan fingerprint density at radius 1 is 1.42 bits per heavy atom. The highest BCUT2D eigenvalue weighted by Gasteiger charge is 2.30. The number of rotatable bonds is 5. The first-order valence-electron chi connectivity index (χ1n) is 8.29. The van der Waals surface area contributed by atoms with Crippen LogP contribution in [0, 0.1) is 5.82 Å². The summed E-state index contributed by atoms with van der Waals surface area (Å²) in [4.78, 5) is 31.3. The Morgan fingerprint density at radius 3 is 3.12 bits per heavy atom. The quantitative estimate of drug-likeness (QED) is 0.745. The fraction of sp³-hybridized carbons (Fsp3) is 0.278. The molecule has 2 aromatic heterocycles. The number of carbonyl (C=O) groups excluding carboxylic acids is 2. The van der Waals surface area contributed by atoms with Crippen LogP contribution in [0.3, 0.4) is 0 Å². The molecule has 1 atom stereocenters. The molecule has 2 amide bonds. The summed E-state index contributed by atoms with van der Waals surface area (Å²) in [6, 6.07) is 5.97. The van der Waals surface area contributed by atoms with Gasteiger partial charge in [0, 0.05) is 37.3 Å². The number of hydrogen-bond acceptors (Lipinski definition) is 4. The van der Waals surface area contributed by atoms with E-state index in [9.17, 15) is 14.0 Å². The zero-order valence-electron chi connectivity index (χ0n) is 13.9. The fourth-order valence-corrected chi connectivity index (χ4v) is 3.90. The van der Waals surface area contributed by atoms with Crippen molar-refractivity contribution in [1.82, 2.24) is 19.6 Å². The van der Waals surface area contributed by atoms with Gasteiger partial charge in [0.2, 0.25) is 11.8 Å². The van der Waals surface area contributed by atoms with Crippen LogP contribution in [-0.4, -0.2) is 38.7 Å². The third kappa shape index (κ3) is 3.60. The van der Waals surface area contributed by atoms with Gasteiger partial charge in [0.05, 0.1) is 18.2 Å². The number of nitrogens with one attached hydrogen (secondary N) is 1. The molecule has 3 aromatic rings. The van der Waals surface area contributed by atoms with Crippen molar-refractivity contribution in [3.05, 3.63) is 59.1 Å². The lowest BCUT2D eigenvalue weighted by molar-refractivity contribution is -0.128. The van der Waals surface area contributed by atoms with Crippen LogP contribution in [0.5, 0.6) is 0 Å². The van der Waals surface area contributed by atoms with Crippen molar-refractivity contribution in [1.29, 1.82) is 0 Å². The van der Waals surface area contributed by atoms with E-state index < -0.39 is 0 Å². The van der Waals surface area contributed by atoms with E-state index in [-0.39, 0.29) is 36.5 Å². The number of imidazole rings is 1. The summed E-state index contributed by atoms with van der Waals surface area (Å²) >= 11 is 1.51. The molecule has 8 heteroatoms. The van der Waals surface area contributed by atoms with Crippen molar-refractivity contribution in [3.63, 3.8) is 0 Å². The number of halogens is 1. The predicted octanol–water partition coefficient (Wildman–Crippen LogP) is 1.99. The lowest BCUT2D eigenvalue weighted by Gasteiger charge is -2.17. The highest BCUT2D eigenvalue weighted by atomic mass is 32.1. The summed E-state index contributed by atoms with van der Waals surface area (Å²) < 4.78 is 15.2. The van der Waals surface area contributed by atoms with Crippen molar-refractivity contribution in [2.75, 3.05) is 6.54 Å². The summed E-state index contributed by atoms with van der Waals surface area (Å²) in [5.74, 6) is -0.512. The molecule has 4 rings (SSSR count). The van der Waals surface area contributed by atoms with Crippen LogP contribution in [-0.2, 0) is 22.6 Å². The van der Waals surface area contributed by atoms with Gasteiger partial charge in [-0.2, -0.15) is 0 Å². The van der Waals surface area contributed by atoms with Gasteiger partial charge in [0.25, 0.3) is 0 Å². The molecule has 1 aliphatic rings. The highest BCUT2D eigenvalue weighted by molar-refractivity contribution is 7.15. The molecule has 1 fully saturated rings. The Kier molecular flexibility index (Phi) is 4.42. The minimum Gasteiger partial charge on any atom is -0.351 e. The molecule has 1 aliphatic heterocycles. The van der Waals surface area contributed by atoms with Crippen LogP contribution in [0.4, 0.5) is 4.39 Å². The lowest BCUT2D eigenvalue weighted by Crippen LogP contribution is -2.37. The van der Waals surface area contributed by atoms with Gasteiger partial charge in [-0.3, -0.25) is 14.0 Å². The number of amides is 2. The molecule has 134 valence electrons. The second-order valence-corrected chi connectivity index (χ2v) is 7.25. The Hall–Kier alpha value is -2.74. The normalized spacial score (nSPS) is 17.2. The van der Waals surface area contributed by atoms with Gasteiger partial charge < -0.3 is 10.2 Å². The van der Waals surface area contributed by atoms with Crippen LogP contribution in [0.15, 0.2) is 42.0 Å². The molecular formula is C18H17FN4O2S. The molecule has 0 unspecified atom stereocenters. The van der Waals surface area contributed by atoms with Crippen molar-refractivity contribution in [2.24, 2.45) is 0 Å². The van der Waals surface area contributed by atoms with Crippen LogP contribution < -0.4 is 5.32 Å². The van der Waals surface area contributed by atoms with Gasteiger partial charge >= 0.3 is 0 Å². The van der Waals surface area contributed by atoms with Crippen molar-refractivity contribution in [2.45, 2.75) is 25.4 Å². The van der Waals surface area contributed by atoms with E-state index in [2.05, 4.69) is 10.3 Å². The first-order chi connectivity index (χ1) is 12.6. The van der Waals surface area contributed by atoms with Crippen molar-refractivity contribution < 1.29 is 14.0 Å². The van der Waals surface area contributed by atoms with E-state index in [1.165, 1.54) is 23.5 Å². The number of aromatic nitrogens is 2. The van der Waals surface area contributed by atoms with Crippen molar-refractivity contribution >= 4 is 28.1 Å². The molecule has 0 radical (unpaired) electrons. The first kappa shape index (κ1) is 16.7. The van der Waals surface area contributed by atoms with E-state index in [1.807, 2.05) is 22.2 Å². The van der Waals surface area contributed by atoms with E-state index >= 15 is 0 Å². The summed E-state index contributed by atoms with van der Waals surface area (Å²) in [6.07, 6.45) is 4.18. The average Bonchev–Trinajstić information content (AvgIpc) is 3.23. The fourth-order valence-electron chi connectivity index (χ4n) is 3.18. The number of fused-ring (bicyclic) bond motifs is 1. The molecule has 0 aliphatic carbocycles. The average molecular weight is 372 g/mol. The maximum atomic E-state index is 13.3. The highest BCUT2D eigenvalue weighted by Crippen LogP contribution is 2.16. The van der Waals surface area contributed by atoms with E-state index in [1.54, 1.807) is 17.0 Å². The third-order valence-electron chi connectivity index (χ3n) is 4.33. The molecule has 1 N–H and O–H groups in total. The van der Waals surface area contributed by atoms with Gasteiger partial charge in [-0.05, 0) is 17.7 Å². The molecular weight excluding hydrogens is 355 g/mol. The Bertz CT molecular complexity index is 938. The third-order valence-corrected chi connectivity index (χ3v) is 5.10. The summed E-state index contributed by atoms with van der Waals surface area (Å²) in [6.45, 7) is 0.777.